The second-order valence-corrected chi connectivity index (χ2v) is 19.8. The lowest BCUT2D eigenvalue weighted by Gasteiger charge is -2.35. The number of rotatable bonds is 16. The predicted molar refractivity (Wildman–Crippen MR) is 263 cm³/mol. The van der Waals surface area contributed by atoms with Crippen molar-refractivity contribution in [1.82, 2.24) is 54.9 Å². The number of imidazole rings is 1. The Morgan fingerprint density at radius 3 is 2.45 bits per heavy atom. The third-order valence-corrected chi connectivity index (χ3v) is 15.2. The van der Waals surface area contributed by atoms with Crippen LogP contribution in [0.3, 0.4) is 0 Å². The molecular weight excluding hydrogens is 928 g/mol. The van der Waals surface area contributed by atoms with Gasteiger partial charge in [0.2, 0.25) is 17.6 Å². The molecule has 20 heteroatoms. The van der Waals surface area contributed by atoms with E-state index >= 15 is 4.39 Å². The van der Waals surface area contributed by atoms with E-state index < -0.39 is 17.9 Å². The molecule has 0 unspecified atom stereocenters. The van der Waals surface area contributed by atoms with Crippen LogP contribution in [0.5, 0.6) is 5.75 Å². The molecule has 2 saturated heterocycles. The van der Waals surface area contributed by atoms with E-state index in [0.717, 1.165) is 68.3 Å². The van der Waals surface area contributed by atoms with Gasteiger partial charge in [0.15, 0.2) is 18.1 Å². The number of thiazole rings is 1. The Hall–Kier alpha value is -7.06. The van der Waals surface area contributed by atoms with Gasteiger partial charge in [0, 0.05) is 73.1 Å². The second-order valence-electron chi connectivity index (χ2n) is 18.9. The van der Waals surface area contributed by atoms with Crippen molar-refractivity contribution in [3.8, 4) is 17.0 Å². The highest BCUT2D eigenvalue weighted by Gasteiger charge is 2.40. The Labute approximate surface area is 413 Å². The Bertz CT molecular complexity index is 2940. The summed E-state index contributed by atoms with van der Waals surface area (Å²) in [7, 11) is 1.72. The lowest BCUT2D eigenvalue weighted by molar-refractivity contribution is -0.139. The highest BCUT2D eigenvalue weighted by molar-refractivity contribution is 7.10. The molecule has 6 aromatic rings. The average molecular weight is 985 g/mol. The van der Waals surface area contributed by atoms with Crippen LogP contribution in [0, 0.1) is 11.7 Å². The number of anilines is 2. The molecule has 18 nitrogen and oxygen atoms in total. The van der Waals surface area contributed by atoms with Gasteiger partial charge < -0.3 is 35.4 Å². The lowest BCUT2D eigenvalue weighted by Crippen LogP contribution is -2.55. The first-order valence-corrected chi connectivity index (χ1v) is 25.4. The van der Waals surface area contributed by atoms with Crippen molar-refractivity contribution < 1.29 is 33.1 Å². The van der Waals surface area contributed by atoms with Crippen molar-refractivity contribution in [1.29, 1.82) is 0 Å². The monoisotopic (exact) mass is 984 g/mol. The van der Waals surface area contributed by atoms with Crippen molar-refractivity contribution in [3.63, 3.8) is 0 Å². The number of nitrogens with zero attached hydrogens (tertiary/aromatic N) is 8. The first kappa shape index (κ1) is 47.6. The summed E-state index contributed by atoms with van der Waals surface area (Å²) in [6.45, 7) is 3.08. The molecule has 370 valence electrons. The number of hydrogen-bond acceptors (Lipinski definition) is 13. The zero-order valence-electron chi connectivity index (χ0n) is 39.7. The van der Waals surface area contributed by atoms with Gasteiger partial charge in [-0.25, -0.2) is 19.3 Å². The molecule has 4 fully saturated rings. The zero-order chi connectivity index (χ0) is 49.2. The Balaban J connectivity index is 0.722. The fourth-order valence-corrected chi connectivity index (χ4v) is 10.8. The number of likely N-dealkylation sites (N-methyl/N-ethyl adjacent to an activating group) is 1. The van der Waals surface area contributed by atoms with Crippen molar-refractivity contribution in [2.24, 2.45) is 5.92 Å². The molecule has 2 saturated carbocycles. The van der Waals surface area contributed by atoms with Gasteiger partial charge in [-0.05, 0) is 88.7 Å². The van der Waals surface area contributed by atoms with Crippen LogP contribution in [0.25, 0.3) is 16.9 Å². The zero-order valence-corrected chi connectivity index (χ0v) is 40.6. The summed E-state index contributed by atoms with van der Waals surface area (Å²) in [6, 6.07) is 9.57. The number of ketones is 1. The van der Waals surface area contributed by atoms with Crippen LogP contribution in [0.2, 0.25) is 0 Å². The maximum absolute atomic E-state index is 15.7. The topological polar surface area (TPSA) is 212 Å². The van der Waals surface area contributed by atoms with E-state index in [1.807, 2.05) is 15.5 Å². The van der Waals surface area contributed by atoms with E-state index in [0.29, 0.717) is 46.7 Å². The van der Waals surface area contributed by atoms with Gasteiger partial charge in [0.25, 0.3) is 11.8 Å². The van der Waals surface area contributed by atoms with Crippen LogP contribution in [0.4, 0.5) is 15.9 Å². The molecule has 71 heavy (non-hydrogen) atoms. The number of nitrogens with one attached hydrogen (secondary N) is 4. The SMILES string of the molecule is CN[C@@H](C)C(=O)N[C@H](C(=O)N1CCC[C@@H]1c1nc(C(=O)c2cccc(OCC(=O)N3CCN(C(=O)c4ccc(Nc5nc(C6CC6)cn6c(-c7cn[nH]c7)cnc56)c(F)c4)CC3)c2)cs1)C1CCCCC1. The van der Waals surface area contributed by atoms with Crippen LogP contribution in [-0.4, -0.2) is 132 Å². The minimum Gasteiger partial charge on any atom is -0.484 e. The molecule has 3 atom stereocenters. The smallest absolute Gasteiger partial charge is 0.260 e. The number of H-pyrrole nitrogens is 1. The maximum atomic E-state index is 15.7. The molecule has 0 bridgehead atoms. The van der Waals surface area contributed by atoms with Gasteiger partial charge in [0.1, 0.15) is 28.3 Å². The number of piperazine rings is 1. The van der Waals surface area contributed by atoms with Crippen molar-refractivity contribution in [3.05, 3.63) is 106 Å². The summed E-state index contributed by atoms with van der Waals surface area (Å²) in [5, 5.41) is 18.4. The minimum atomic E-state index is -0.617. The normalized spacial score (nSPS) is 18.4. The molecule has 2 aliphatic carbocycles. The summed E-state index contributed by atoms with van der Waals surface area (Å²) in [5.41, 5.74) is 4.02. The van der Waals surface area contributed by atoms with E-state index in [9.17, 15) is 24.0 Å². The quantitative estimate of drug-likeness (QED) is 0.0791. The van der Waals surface area contributed by atoms with E-state index in [1.54, 1.807) is 78.1 Å². The summed E-state index contributed by atoms with van der Waals surface area (Å²) >= 11 is 1.34. The number of ether oxygens (including phenoxy) is 1. The molecule has 2 aliphatic heterocycles. The standard InChI is InChI=1S/C51H57FN12O6S/c1-30(53-2)48(67)60-44(32-8-4-3-5-9-32)51(69)63-17-7-12-41(63)49-59-40(29-71-49)45(66)33-10-6-11-36(22-33)70-28-43(65)61-18-20-62(21-19-61)50(68)34-15-16-38(37(52)23-34)57-46-47-54-26-42(35-24-55-56-25-35)64(47)27-39(58-46)31-13-14-31/h6,10-11,15-16,22-27,29-32,41,44,53H,3-5,7-9,12-14,17-21,28H2,1-2H3,(H,55,56)(H,57,58)(H,60,67)/t30-,41+,44-/m0/s1. The number of benzene rings is 2. The van der Waals surface area contributed by atoms with E-state index in [-0.39, 0.29) is 91.1 Å². The molecular formula is C51H57FN12O6S. The van der Waals surface area contributed by atoms with Crippen LogP contribution in [-0.2, 0) is 14.4 Å². The van der Waals surface area contributed by atoms with E-state index in [2.05, 4.69) is 31.1 Å². The maximum Gasteiger partial charge on any atom is 0.260 e. The first-order chi connectivity index (χ1) is 34.5. The average Bonchev–Trinajstić information content (AvgIpc) is 3.84. The van der Waals surface area contributed by atoms with Crippen LogP contribution in [0.1, 0.15) is 114 Å². The predicted octanol–water partition coefficient (Wildman–Crippen LogP) is 6.27. The summed E-state index contributed by atoms with van der Waals surface area (Å²) < 4.78 is 23.5. The number of carbonyl (C=O) groups excluding carboxylic acids is 5. The third kappa shape index (κ3) is 10.3. The largest absolute Gasteiger partial charge is 0.484 e. The number of amides is 4. The fraction of sp³-hybridized carbons (Fsp3) is 0.431. The van der Waals surface area contributed by atoms with Gasteiger partial charge in [0.05, 0.1) is 41.6 Å². The number of fused-ring (bicyclic) bond motifs is 1. The highest BCUT2D eigenvalue weighted by atomic mass is 32.1. The molecule has 0 radical (unpaired) electrons. The van der Waals surface area contributed by atoms with Crippen molar-refractivity contribution in [2.75, 3.05) is 51.7 Å². The molecule has 4 aromatic heterocycles. The van der Waals surface area contributed by atoms with Gasteiger partial charge in [-0.3, -0.25) is 33.5 Å². The molecule has 4 aliphatic rings. The Kier molecular flexibility index (Phi) is 13.9. The Morgan fingerprint density at radius 1 is 0.901 bits per heavy atom. The molecule has 4 N–H and O–H groups in total. The number of aromatic amines is 1. The molecule has 10 rings (SSSR count). The number of hydrogen-bond donors (Lipinski definition) is 4. The number of halogens is 1. The number of likely N-dealkylation sites (tertiary alicyclic amines) is 1. The van der Waals surface area contributed by atoms with Crippen molar-refractivity contribution in [2.45, 2.75) is 88.8 Å². The molecule has 2 aromatic carbocycles. The van der Waals surface area contributed by atoms with Crippen LogP contribution < -0.4 is 20.7 Å². The summed E-state index contributed by atoms with van der Waals surface area (Å²) in [5.74, 6) is -0.718. The fourth-order valence-electron chi connectivity index (χ4n) is 9.87. The number of aromatic nitrogens is 6. The van der Waals surface area contributed by atoms with E-state index in [4.69, 9.17) is 14.7 Å². The van der Waals surface area contributed by atoms with Crippen LogP contribution >= 0.6 is 11.3 Å². The molecule has 0 spiro atoms. The molecule has 4 amide bonds. The van der Waals surface area contributed by atoms with Gasteiger partial charge in [-0.2, -0.15) is 5.10 Å². The second kappa shape index (κ2) is 20.7. The number of carbonyl (C=O) groups is 5. The van der Waals surface area contributed by atoms with Gasteiger partial charge in [-0.15, -0.1) is 11.3 Å². The van der Waals surface area contributed by atoms with Crippen LogP contribution in [0.15, 0.2) is 72.6 Å². The Morgan fingerprint density at radius 2 is 1.70 bits per heavy atom. The first-order valence-electron chi connectivity index (χ1n) is 24.5. The van der Waals surface area contributed by atoms with E-state index in [1.165, 1.54) is 23.5 Å². The van der Waals surface area contributed by atoms with Gasteiger partial charge >= 0.3 is 0 Å². The summed E-state index contributed by atoms with van der Waals surface area (Å²) in [6.07, 6.45) is 15.7. The van der Waals surface area contributed by atoms with Gasteiger partial charge in [-0.1, -0.05) is 31.4 Å². The third-order valence-electron chi connectivity index (χ3n) is 14.2. The summed E-state index contributed by atoms with van der Waals surface area (Å²) in [4.78, 5) is 87.1. The van der Waals surface area contributed by atoms with Crippen molar-refractivity contribution >= 4 is 57.9 Å². The molecule has 6 heterocycles. The highest BCUT2D eigenvalue weighted by Crippen LogP contribution is 2.41. The minimum absolute atomic E-state index is 0.0664. The lowest BCUT2D eigenvalue weighted by atomic mass is 9.83.